The van der Waals surface area contributed by atoms with Crippen LogP contribution in [0.1, 0.15) is 6.92 Å². The number of nitrogens with zero attached hydrogens (tertiary/aromatic N) is 2. The van der Waals surface area contributed by atoms with Gasteiger partial charge in [0.2, 0.25) is 0 Å². The van der Waals surface area contributed by atoms with Gasteiger partial charge < -0.3 is 88.1 Å². The van der Waals surface area contributed by atoms with E-state index in [0.717, 1.165) is 0 Å². The predicted octanol–water partition coefficient (Wildman–Crippen LogP) is -8.37. The van der Waals surface area contributed by atoms with Gasteiger partial charge in [-0.15, -0.1) is 0 Å². The Morgan fingerprint density at radius 2 is 1.43 bits per heavy atom. The third kappa shape index (κ3) is 6.11. The average Bonchev–Trinajstić information content (AvgIpc) is 3.13. The third-order valence-corrected chi connectivity index (χ3v) is 7.49. The zero-order valence-corrected chi connectivity index (χ0v) is 21.9. The highest BCUT2D eigenvalue weighted by Crippen LogP contribution is 2.39. The summed E-state index contributed by atoms with van der Waals surface area (Å²) in [5, 5.41) is 87.0. The van der Waals surface area contributed by atoms with E-state index in [0.29, 0.717) is 0 Å². The van der Waals surface area contributed by atoms with Crippen molar-refractivity contribution in [3.05, 3.63) is 0 Å². The Labute approximate surface area is 229 Å². The van der Waals surface area contributed by atoms with E-state index >= 15 is 0 Å². The normalized spacial score (nSPS) is 47.5. The molecule has 0 aromatic heterocycles. The lowest BCUT2D eigenvalue weighted by Crippen LogP contribution is -2.66. The first-order valence-corrected chi connectivity index (χ1v) is 12.5. The molecule has 0 aromatic carbocycles. The molecule has 232 valence electrons. The van der Waals surface area contributed by atoms with Crippen LogP contribution >= 0.6 is 0 Å². The van der Waals surface area contributed by atoms with Crippen LogP contribution in [0.15, 0.2) is 9.98 Å². The van der Waals surface area contributed by atoms with Gasteiger partial charge in [0.25, 0.3) is 0 Å². The molecule has 15 atom stereocenters. The monoisotopic (exact) mass is 583 g/mol. The molecule has 3 aliphatic rings. The van der Waals surface area contributed by atoms with Gasteiger partial charge in [-0.1, -0.05) is 0 Å². The fourth-order valence-electron chi connectivity index (χ4n) is 5.17. The van der Waals surface area contributed by atoms with E-state index in [1.807, 2.05) is 0 Å². The summed E-state index contributed by atoms with van der Waals surface area (Å²) in [6.45, 7) is -0.199. The average molecular weight is 584 g/mol. The van der Waals surface area contributed by atoms with Gasteiger partial charge in [0.1, 0.15) is 66.5 Å². The molecule has 3 fully saturated rings. The van der Waals surface area contributed by atoms with Crippen LogP contribution in [-0.2, 0) is 18.9 Å². The lowest BCUT2D eigenvalue weighted by Gasteiger charge is -2.45. The minimum absolute atomic E-state index is 0.493. The van der Waals surface area contributed by atoms with Crippen molar-refractivity contribution in [3.8, 4) is 0 Å². The number of rotatable bonds is 9. The Morgan fingerprint density at radius 1 is 0.825 bits per heavy atom. The topological polar surface area (TPSA) is 340 Å². The molecule has 1 saturated carbocycles. The van der Waals surface area contributed by atoms with E-state index in [2.05, 4.69) is 15.3 Å². The largest absolute Gasteiger partial charge is 0.394 e. The Bertz CT molecular complexity index is 911. The number of aliphatic hydroxyl groups is 8. The van der Waals surface area contributed by atoms with Crippen LogP contribution in [0, 0.1) is 0 Å². The van der Waals surface area contributed by atoms with Crippen LogP contribution in [-0.4, -0.2) is 164 Å². The molecule has 0 bridgehead atoms. The highest BCUT2D eigenvalue weighted by molar-refractivity contribution is 5.76. The number of hydrogen-bond donors (Lipinski definition) is 13. The lowest BCUT2D eigenvalue weighted by molar-refractivity contribution is -0.317. The summed E-state index contributed by atoms with van der Waals surface area (Å²) in [4.78, 5) is 7.66. The van der Waals surface area contributed by atoms with E-state index in [9.17, 15) is 40.9 Å². The van der Waals surface area contributed by atoms with Gasteiger partial charge in [0, 0.05) is 0 Å². The zero-order valence-electron chi connectivity index (χ0n) is 21.9. The van der Waals surface area contributed by atoms with Crippen LogP contribution in [0.4, 0.5) is 0 Å². The molecule has 3 rings (SSSR count). The van der Waals surface area contributed by atoms with E-state index in [-0.39, 0.29) is 0 Å². The van der Waals surface area contributed by atoms with Crippen molar-refractivity contribution in [1.82, 2.24) is 5.32 Å². The van der Waals surface area contributed by atoms with Gasteiger partial charge in [-0.2, -0.15) is 0 Å². The summed E-state index contributed by atoms with van der Waals surface area (Å²) in [6.07, 6.45) is -16.9. The second-order valence-corrected chi connectivity index (χ2v) is 10.0. The molecule has 40 heavy (non-hydrogen) atoms. The minimum atomic E-state index is -2.15. The molecule has 1 aliphatic carbocycles. The second kappa shape index (κ2) is 12.9. The lowest BCUT2D eigenvalue weighted by atomic mass is 9.81. The number of guanidine groups is 2. The Hall–Kier alpha value is -1.98. The number of ether oxygens (including phenoxy) is 4. The summed E-state index contributed by atoms with van der Waals surface area (Å²) >= 11 is 0. The number of aliphatic hydroxyl groups excluding tert-OH is 7. The fourth-order valence-corrected chi connectivity index (χ4v) is 5.17. The Balaban J connectivity index is 1.96. The van der Waals surface area contributed by atoms with Crippen molar-refractivity contribution in [2.75, 3.05) is 20.3 Å². The molecule has 17 N–H and O–H groups in total. The van der Waals surface area contributed by atoms with Gasteiger partial charge in [-0.25, -0.2) is 9.98 Å². The molecule has 2 heterocycles. The molecule has 0 radical (unpaired) electrons. The van der Waals surface area contributed by atoms with Crippen LogP contribution in [0.3, 0.4) is 0 Å². The molecule has 19 nitrogen and oxygen atoms in total. The predicted molar refractivity (Wildman–Crippen MR) is 134 cm³/mol. The van der Waals surface area contributed by atoms with Crippen molar-refractivity contribution in [2.24, 2.45) is 32.9 Å². The zero-order chi connectivity index (χ0) is 30.1. The molecular weight excluding hydrogens is 542 g/mol. The van der Waals surface area contributed by atoms with Gasteiger partial charge in [-0.05, 0) is 14.0 Å². The fraction of sp³-hybridized carbons (Fsp3) is 0.905. The highest BCUT2D eigenvalue weighted by Gasteiger charge is 2.60. The van der Waals surface area contributed by atoms with Crippen LogP contribution in [0.2, 0.25) is 0 Å². The maximum atomic E-state index is 11.3. The number of nitrogens with two attached hydrogens (primary N) is 4. The summed E-state index contributed by atoms with van der Waals surface area (Å²) in [5.41, 5.74) is 19.7. The molecule has 0 amide bonds. The summed E-state index contributed by atoms with van der Waals surface area (Å²) in [5.74, 6) is -1.01. The van der Waals surface area contributed by atoms with Crippen molar-refractivity contribution in [2.45, 2.75) is 98.2 Å². The number of likely N-dealkylation sites (N-methyl/N-ethyl adjacent to an activating group) is 1. The first-order valence-electron chi connectivity index (χ1n) is 12.5. The minimum Gasteiger partial charge on any atom is -0.394 e. The standard InChI is InChI=1S/C21H41N7O12/c1-5-21(36,4-30)16(40-17-9(26-2)13(34)10(31)6(3-29)38-17)18(37-5)39-15-8(28-20(24)25)11(32)7(27-19(22)23)12(33)14(15)35/h5-18,26,29-36H,3-4H2,1-2H3,(H4,22,23,27)(H4,24,25,28)/t5-,6-,7-,8-,9-,10-,11+,12-,13+,14-,15+,16+,17-,18-,21-/m0/s1. The van der Waals surface area contributed by atoms with Gasteiger partial charge in [0.15, 0.2) is 24.5 Å². The molecular formula is C21H41N7O12. The van der Waals surface area contributed by atoms with Gasteiger partial charge in [0.05, 0.1) is 25.4 Å². The molecule has 2 saturated heterocycles. The third-order valence-electron chi connectivity index (χ3n) is 7.49. The highest BCUT2D eigenvalue weighted by atomic mass is 16.8. The number of hydrogen-bond acceptors (Lipinski definition) is 15. The van der Waals surface area contributed by atoms with E-state index in [4.69, 9.17) is 41.9 Å². The number of aliphatic imine (C=N–C) groups is 2. The maximum absolute atomic E-state index is 11.3. The van der Waals surface area contributed by atoms with Crippen molar-refractivity contribution >= 4 is 11.9 Å². The van der Waals surface area contributed by atoms with E-state index < -0.39 is 116 Å². The van der Waals surface area contributed by atoms with Crippen molar-refractivity contribution < 1.29 is 59.8 Å². The summed E-state index contributed by atoms with van der Waals surface area (Å²) in [6, 6.07) is -4.00. The maximum Gasteiger partial charge on any atom is 0.187 e. The van der Waals surface area contributed by atoms with Crippen molar-refractivity contribution in [3.63, 3.8) is 0 Å². The summed E-state index contributed by atoms with van der Waals surface area (Å²) < 4.78 is 23.2. The molecule has 0 spiro atoms. The SMILES string of the molecule is CN[C@@H]1[C@H](O[C@@H]2[C@H](O[C@H]3[C@@H](O)[C@@H](O)[C@@H](N=C(N)N)[C@@H](O)[C@@H]3N=C(N)N)O[C@@H](C)[C@@]2(O)CO)O[C@@H](CO)[C@H](O)[C@@H]1O. The molecule has 0 unspecified atom stereocenters. The van der Waals surface area contributed by atoms with Gasteiger partial charge in [-0.3, -0.25) is 0 Å². The molecule has 19 heteroatoms. The molecule has 0 aromatic rings. The number of nitrogens with one attached hydrogen (secondary N) is 1. The van der Waals surface area contributed by atoms with Crippen LogP contribution in [0.5, 0.6) is 0 Å². The van der Waals surface area contributed by atoms with E-state index in [1.165, 1.54) is 14.0 Å². The van der Waals surface area contributed by atoms with Gasteiger partial charge >= 0.3 is 0 Å². The summed E-state index contributed by atoms with van der Waals surface area (Å²) in [7, 11) is 1.44. The van der Waals surface area contributed by atoms with Crippen molar-refractivity contribution in [1.29, 1.82) is 0 Å². The first-order chi connectivity index (χ1) is 18.7. The first kappa shape index (κ1) is 32.5. The van der Waals surface area contributed by atoms with E-state index in [1.54, 1.807) is 0 Å². The Kier molecular flexibility index (Phi) is 10.5. The Morgan fingerprint density at radius 3 is 1.95 bits per heavy atom. The van der Waals surface area contributed by atoms with Crippen LogP contribution in [0.25, 0.3) is 0 Å². The van der Waals surface area contributed by atoms with Crippen LogP contribution < -0.4 is 28.3 Å². The smallest absolute Gasteiger partial charge is 0.187 e. The quantitative estimate of drug-likeness (QED) is 0.0884. The molecule has 2 aliphatic heterocycles. The second-order valence-electron chi connectivity index (χ2n) is 10.0.